The Balaban J connectivity index is 2.07. The van der Waals surface area contributed by atoms with Gasteiger partial charge in [0, 0.05) is 29.7 Å². The van der Waals surface area contributed by atoms with Gasteiger partial charge in [0.15, 0.2) is 0 Å². The summed E-state index contributed by atoms with van der Waals surface area (Å²) in [6.07, 6.45) is 1.70. The number of hydrogen-bond acceptors (Lipinski definition) is 4. The fraction of sp³-hybridized carbons (Fsp3) is 1.00. The monoisotopic (exact) mass is 263 g/mol. The summed E-state index contributed by atoms with van der Waals surface area (Å²) in [6, 6.07) is 0. The lowest BCUT2D eigenvalue weighted by atomic mass is 10.2. The molecule has 0 spiro atoms. The van der Waals surface area contributed by atoms with Crippen LogP contribution in [0.3, 0.4) is 0 Å². The number of nitrogens with one attached hydrogen (secondary N) is 1. The fourth-order valence-electron chi connectivity index (χ4n) is 1.86. The Morgan fingerprint density at radius 3 is 2.82 bits per heavy atom. The summed E-state index contributed by atoms with van der Waals surface area (Å²) in [5, 5.41) is 12.9. The second kappa shape index (κ2) is 8.19. The topological polar surface area (TPSA) is 58.6 Å². The Morgan fingerprint density at radius 2 is 2.24 bits per heavy atom. The molecule has 17 heavy (non-hydrogen) atoms. The van der Waals surface area contributed by atoms with Gasteiger partial charge in [-0.2, -0.15) is 0 Å². The summed E-state index contributed by atoms with van der Waals surface area (Å²) in [7, 11) is -0.969. The van der Waals surface area contributed by atoms with Gasteiger partial charge in [-0.3, -0.25) is 4.21 Å². The maximum absolute atomic E-state index is 11.7. The van der Waals surface area contributed by atoms with Crippen LogP contribution in [0.1, 0.15) is 26.7 Å². The van der Waals surface area contributed by atoms with Crippen LogP contribution in [-0.2, 0) is 15.5 Å². The van der Waals surface area contributed by atoms with Crippen molar-refractivity contribution in [2.75, 3.05) is 31.2 Å². The minimum atomic E-state index is -0.969. The highest BCUT2D eigenvalue weighted by atomic mass is 32.2. The third-order valence-corrected chi connectivity index (χ3v) is 4.21. The van der Waals surface area contributed by atoms with Gasteiger partial charge in [0.05, 0.1) is 18.0 Å². The minimum absolute atomic E-state index is 0.145. The number of ether oxygens (including phenoxy) is 1. The van der Waals surface area contributed by atoms with Gasteiger partial charge in [-0.05, 0) is 25.3 Å². The molecule has 1 heterocycles. The van der Waals surface area contributed by atoms with Gasteiger partial charge in [-0.15, -0.1) is 0 Å². The van der Waals surface area contributed by atoms with E-state index in [1.165, 1.54) is 0 Å². The first kappa shape index (κ1) is 15.1. The predicted octanol–water partition coefficient (Wildman–Crippen LogP) is 0.521. The van der Waals surface area contributed by atoms with E-state index in [1.54, 1.807) is 0 Å². The summed E-state index contributed by atoms with van der Waals surface area (Å²) in [5.74, 6) is 1.49. The quantitative estimate of drug-likeness (QED) is 0.670. The molecule has 0 saturated carbocycles. The molecule has 1 saturated heterocycles. The Hall–Kier alpha value is 0.0300. The summed E-state index contributed by atoms with van der Waals surface area (Å²) < 4.78 is 17.2. The van der Waals surface area contributed by atoms with Crippen LogP contribution in [0, 0.1) is 5.92 Å². The van der Waals surface area contributed by atoms with Crippen LogP contribution < -0.4 is 5.32 Å². The SMILES string of the molecule is CC(C)CNCC(O)CS(=O)CC1CCCO1. The third-order valence-electron chi connectivity index (χ3n) is 2.71. The second-order valence-electron chi connectivity index (χ2n) is 5.11. The molecular formula is C12H25NO3S. The van der Waals surface area contributed by atoms with E-state index in [0.717, 1.165) is 26.0 Å². The van der Waals surface area contributed by atoms with E-state index in [0.29, 0.717) is 24.0 Å². The highest BCUT2D eigenvalue weighted by Gasteiger charge is 2.19. The first-order valence-corrected chi connectivity index (χ1v) is 7.92. The van der Waals surface area contributed by atoms with Crippen molar-refractivity contribution in [2.24, 2.45) is 5.92 Å². The molecule has 2 N–H and O–H groups in total. The number of aliphatic hydroxyl groups excluding tert-OH is 1. The molecule has 0 aromatic carbocycles. The Kier molecular flexibility index (Phi) is 7.27. The van der Waals surface area contributed by atoms with Crippen LogP contribution in [0.5, 0.6) is 0 Å². The van der Waals surface area contributed by atoms with Gasteiger partial charge in [0.25, 0.3) is 0 Å². The average molecular weight is 263 g/mol. The first-order chi connectivity index (χ1) is 8.08. The molecule has 1 aliphatic heterocycles. The van der Waals surface area contributed by atoms with E-state index in [4.69, 9.17) is 4.74 Å². The van der Waals surface area contributed by atoms with Crippen molar-refractivity contribution in [3.05, 3.63) is 0 Å². The zero-order chi connectivity index (χ0) is 12.7. The van der Waals surface area contributed by atoms with Gasteiger partial charge >= 0.3 is 0 Å². The van der Waals surface area contributed by atoms with Crippen molar-refractivity contribution in [3.8, 4) is 0 Å². The van der Waals surface area contributed by atoms with Gasteiger partial charge in [-0.1, -0.05) is 13.8 Å². The molecule has 0 aliphatic carbocycles. The van der Waals surface area contributed by atoms with Crippen LogP contribution in [0.15, 0.2) is 0 Å². The van der Waals surface area contributed by atoms with Crippen LogP contribution >= 0.6 is 0 Å². The smallest absolute Gasteiger partial charge is 0.0779 e. The fourth-order valence-corrected chi connectivity index (χ4v) is 3.22. The number of aliphatic hydroxyl groups is 1. The maximum atomic E-state index is 11.7. The molecule has 1 fully saturated rings. The standard InChI is InChI=1S/C12H25NO3S/c1-10(2)6-13-7-11(14)8-17(15)9-12-4-3-5-16-12/h10-14H,3-9H2,1-2H3. The highest BCUT2D eigenvalue weighted by Crippen LogP contribution is 2.13. The van der Waals surface area contributed by atoms with Crippen LogP contribution in [0.25, 0.3) is 0 Å². The molecule has 1 aliphatic rings. The van der Waals surface area contributed by atoms with Crippen molar-refractivity contribution >= 4 is 10.8 Å². The van der Waals surface area contributed by atoms with Gasteiger partial charge in [0.1, 0.15) is 0 Å². The lowest BCUT2D eigenvalue weighted by Crippen LogP contribution is -2.34. The van der Waals surface area contributed by atoms with E-state index in [1.807, 2.05) is 0 Å². The molecule has 5 heteroatoms. The Morgan fingerprint density at radius 1 is 1.47 bits per heavy atom. The predicted molar refractivity (Wildman–Crippen MR) is 70.6 cm³/mol. The minimum Gasteiger partial charge on any atom is -0.391 e. The zero-order valence-electron chi connectivity index (χ0n) is 10.9. The molecule has 4 nitrogen and oxygen atoms in total. The first-order valence-electron chi connectivity index (χ1n) is 6.43. The van der Waals surface area contributed by atoms with E-state index in [2.05, 4.69) is 19.2 Å². The molecule has 3 atom stereocenters. The summed E-state index contributed by atoms with van der Waals surface area (Å²) in [4.78, 5) is 0. The molecule has 0 aromatic heterocycles. The van der Waals surface area contributed by atoms with Gasteiger partial charge in [0.2, 0.25) is 0 Å². The van der Waals surface area contributed by atoms with Crippen LogP contribution in [0.2, 0.25) is 0 Å². The molecule has 0 bridgehead atoms. The number of hydrogen-bond donors (Lipinski definition) is 2. The maximum Gasteiger partial charge on any atom is 0.0779 e. The van der Waals surface area contributed by atoms with E-state index in [9.17, 15) is 9.32 Å². The van der Waals surface area contributed by atoms with E-state index >= 15 is 0 Å². The van der Waals surface area contributed by atoms with Crippen LogP contribution in [-0.4, -0.2) is 52.7 Å². The normalized spacial score (nSPS) is 24.1. The van der Waals surface area contributed by atoms with Crippen molar-refractivity contribution in [2.45, 2.75) is 38.9 Å². The largest absolute Gasteiger partial charge is 0.391 e. The summed E-state index contributed by atoms with van der Waals surface area (Å²) >= 11 is 0. The van der Waals surface area contributed by atoms with Crippen molar-refractivity contribution in [1.82, 2.24) is 5.32 Å². The molecule has 1 rings (SSSR count). The molecule has 0 aromatic rings. The average Bonchev–Trinajstić information content (AvgIpc) is 2.69. The lowest BCUT2D eigenvalue weighted by molar-refractivity contribution is 0.128. The number of rotatable bonds is 8. The van der Waals surface area contributed by atoms with Gasteiger partial charge in [-0.25, -0.2) is 0 Å². The van der Waals surface area contributed by atoms with Crippen LogP contribution in [0.4, 0.5) is 0 Å². The Bertz CT molecular complexity index is 230. The van der Waals surface area contributed by atoms with Crippen molar-refractivity contribution in [1.29, 1.82) is 0 Å². The summed E-state index contributed by atoms with van der Waals surface area (Å²) in [5.41, 5.74) is 0. The highest BCUT2D eigenvalue weighted by molar-refractivity contribution is 7.85. The molecule has 102 valence electrons. The summed E-state index contributed by atoms with van der Waals surface area (Å²) in [6.45, 7) is 6.44. The zero-order valence-corrected chi connectivity index (χ0v) is 11.7. The molecule has 0 radical (unpaired) electrons. The van der Waals surface area contributed by atoms with Crippen molar-refractivity contribution < 1.29 is 14.1 Å². The molecule has 3 unspecified atom stereocenters. The second-order valence-corrected chi connectivity index (χ2v) is 6.66. The van der Waals surface area contributed by atoms with E-state index in [-0.39, 0.29) is 6.10 Å². The van der Waals surface area contributed by atoms with Gasteiger partial charge < -0.3 is 15.2 Å². The third kappa shape index (κ3) is 7.13. The molecular weight excluding hydrogens is 238 g/mol. The Labute approximate surface area is 107 Å². The van der Waals surface area contributed by atoms with E-state index < -0.39 is 16.9 Å². The lowest BCUT2D eigenvalue weighted by Gasteiger charge is -2.14. The van der Waals surface area contributed by atoms with Crippen molar-refractivity contribution in [3.63, 3.8) is 0 Å². The molecule has 0 amide bonds.